The molecule has 0 saturated heterocycles. The van der Waals surface area contributed by atoms with Gasteiger partial charge in [0.25, 0.3) is 0 Å². The molecule has 2 rings (SSSR count). The van der Waals surface area contributed by atoms with Gasteiger partial charge >= 0.3 is 0 Å². The van der Waals surface area contributed by atoms with Crippen molar-refractivity contribution in [2.24, 2.45) is 0 Å². The molecule has 0 saturated carbocycles. The lowest BCUT2D eigenvalue weighted by Crippen LogP contribution is -2.15. The Labute approximate surface area is 118 Å². The van der Waals surface area contributed by atoms with E-state index in [0.717, 1.165) is 11.4 Å². The number of benzene rings is 1. The van der Waals surface area contributed by atoms with Gasteiger partial charge in [0.15, 0.2) is 6.04 Å². The molecule has 1 unspecified atom stereocenters. The number of ether oxygens (including phenoxy) is 1. The standard InChI is InChI=1S/C15H18N4O/c1-11(2)19-10-17-9-14(19)13(8-16)18-12-6-4-5-7-15(12)20-3/h4-7,9-11,13,18H,1-3H3. The summed E-state index contributed by atoms with van der Waals surface area (Å²) in [7, 11) is 1.61. The molecule has 0 aliphatic heterocycles. The third kappa shape index (κ3) is 2.75. The number of methoxy groups -OCH3 is 1. The zero-order valence-corrected chi connectivity index (χ0v) is 11.9. The van der Waals surface area contributed by atoms with Crippen LogP contribution in [-0.4, -0.2) is 16.7 Å². The number of nitrogens with one attached hydrogen (secondary N) is 1. The lowest BCUT2D eigenvalue weighted by atomic mass is 10.2. The van der Waals surface area contributed by atoms with Gasteiger partial charge in [0.05, 0.1) is 37.1 Å². The Kier molecular flexibility index (Phi) is 4.26. The van der Waals surface area contributed by atoms with Crippen molar-refractivity contribution in [3.8, 4) is 11.8 Å². The molecular formula is C15H18N4O. The summed E-state index contributed by atoms with van der Waals surface area (Å²) < 4.78 is 7.27. The van der Waals surface area contributed by atoms with E-state index in [0.29, 0.717) is 5.75 Å². The van der Waals surface area contributed by atoms with Crippen LogP contribution in [0, 0.1) is 11.3 Å². The van der Waals surface area contributed by atoms with Crippen molar-refractivity contribution in [2.75, 3.05) is 12.4 Å². The molecule has 1 heterocycles. The number of rotatable bonds is 5. The molecule has 20 heavy (non-hydrogen) atoms. The summed E-state index contributed by atoms with van der Waals surface area (Å²) in [6.45, 7) is 4.12. The van der Waals surface area contributed by atoms with Crippen LogP contribution in [0.1, 0.15) is 31.6 Å². The first-order chi connectivity index (χ1) is 9.67. The summed E-state index contributed by atoms with van der Waals surface area (Å²) in [5.74, 6) is 0.711. The first-order valence-corrected chi connectivity index (χ1v) is 6.48. The van der Waals surface area contributed by atoms with Gasteiger partial charge < -0.3 is 14.6 Å². The number of hydrogen-bond acceptors (Lipinski definition) is 4. The summed E-state index contributed by atoms with van der Waals surface area (Å²) in [4.78, 5) is 4.14. The molecule has 1 aromatic carbocycles. The van der Waals surface area contributed by atoms with Crippen LogP contribution in [0.15, 0.2) is 36.8 Å². The van der Waals surface area contributed by atoms with Gasteiger partial charge in [0.2, 0.25) is 0 Å². The Hall–Kier alpha value is -2.48. The number of imidazole rings is 1. The highest BCUT2D eigenvalue weighted by molar-refractivity contribution is 5.58. The van der Waals surface area contributed by atoms with E-state index in [1.165, 1.54) is 0 Å². The SMILES string of the molecule is COc1ccccc1NC(C#N)c1cncn1C(C)C. The third-order valence-electron chi connectivity index (χ3n) is 3.08. The summed E-state index contributed by atoms with van der Waals surface area (Å²) in [5, 5.41) is 12.6. The van der Waals surface area contributed by atoms with Crippen molar-refractivity contribution in [3.05, 3.63) is 42.5 Å². The maximum atomic E-state index is 9.43. The van der Waals surface area contributed by atoms with Crippen LogP contribution in [0.2, 0.25) is 0 Å². The fraction of sp³-hybridized carbons (Fsp3) is 0.333. The van der Waals surface area contributed by atoms with Crippen molar-refractivity contribution >= 4 is 5.69 Å². The molecule has 0 bridgehead atoms. The Bertz CT molecular complexity index is 612. The smallest absolute Gasteiger partial charge is 0.157 e. The summed E-state index contributed by atoms with van der Waals surface area (Å²) in [6.07, 6.45) is 3.46. The minimum absolute atomic E-state index is 0.253. The van der Waals surface area contributed by atoms with Gasteiger partial charge in [-0.2, -0.15) is 5.26 Å². The summed E-state index contributed by atoms with van der Waals surface area (Å²) >= 11 is 0. The van der Waals surface area contributed by atoms with E-state index in [-0.39, 0.29) is 6.04 Å². The van der Waals surface area contributed by atoms with Crippen LogP contribution >= 0.6 is 0 Å². The zero-order valence-electron chi connectivity index (χ0n) is 11.9. The van der Waals surface area contributed by atoms with Crippen molar-refractivity contribution in [1.29, 1.82) is 5.26 Å². The Morgan fingerprint density at radius 3 is 2.75 bits per heavy atom. The van der Waals surface area contributed by atoms with E-state index in [2.05, 4.69) is 30.2 Å². The first kappa shape index (κ1) is 13.9. The Morgan fingerprint density at radius 1 is 1.35 bits per heavy atom. The van der Waals surface area contributed by atoms with Crippen molar-refractivity contribution in [3.63, 3.8) is 0 Å². The number of hydrogen-bond donors (Lipinski definition) is 1. The molecule has 5 heteroatoms. The number of nitriles is 1. The first-order valence-electron chi connectivity index (χ1n) is 6.48. The van der Waals surface area contributed by atoms with E-state index >= 15 is 0 Å². The fourth-order valence-electron chi connectivity index (χ4n) is 2.06. The van der Waals surface area contributed by atoms with Crippen LogP contribution in [0.3, 0.4) is 0 Å². The van der Waals surface area contributed by atoms with Gasteiger partial charge in [0.1, 0.15) is 5.75 Å². The highest BCUT2D eigenvalue weighted by Crippen LogP contribution is 2.28. The number of para-hydroxylation sites is 2. The van der Waals surface area contributed by atoms with Gasteiger partial charge in [-0.05, 0) is 26.0 Å². The molecule has 104 valence electrons. The lowest BCUT2D eigenvalue weighted by molar-refractivity contribution is 0.416. The average molecular weight is 270 g/mol. The van der Waals surface area contributed by atoms with E-state index in [1.807, 2.05) is 28.8 Å². The van der Waals surface area contributed by atoms with E-state index < -0.39 is 6.04 Å². The maximum Gasteiger partial charge on any atom is 0.157 e. The van der Waals surface area contributed by atoms with Crippen molar-refractivity contribution in [2.45, 2.75) is 25.9 Å². The molecule has 0 spiro atoms. The lowest BCUT2D eigenvalue weighted by Gasteiger charge is -2.18. The maximum absolute atomic E-state index is 9.43. The second kappa shape index (κ2) is 6.11. The number of aromatic nitrogens is 2. The molecule has 0 aliphatic rings. The molecule has 0 radical (unpaired) electrons. The van der Waals surface area contributed by atoms with E-state index in [9.17, 15) is 5.26 Å². The minimum Gasteiger partial charge on any atom is -0.495 e. The van der Waals surface area contributed by atoms with Gasteiger partial charge in [-0.15, -0.1) is 0 Å². The fourth-order valence-corrected chi connectivity index (χ4v) is 2.06. The molecule has 2 aromatic rings. The highest BCUT2D eigenvalue weighted by Gasteiger charge is 2.18. The molecular weight excluding hydrogens is 252 g/mol. The van der Waals surface area contributed by atoms with Crippen LogP contribution in [0.5, 0.6) is 5.75 Å². The predicted molar refractivity (Wildman–Crippen MR) is 77.6 cm³/mol. The van der Waals surface area contributed by atoms with E-state index in [4.69, 9.17) is 4.74 Å². The van der Waals surface area contributed by atoms with Gasteiger partial charge in [-0.1, -0.05) is 12.1 Å². The average Bonchev–Trinajstić information content (AvgIpc) is 2.94. The zero-order chi connectivity index (χ0) is 14.5. The quantitative estimate of drug-likeness (QED) is 0.906. The molecule has 5 nitrogen and oxygen atoms in total. The van der Waals surface area contributed by atoms with Crippen molar-refractivity contribution < 1.29 is 4.74 Å². The van der Waals surface area contributed by atoms with Crippen LogP contribution in [0.25, 0.3) is 0 Å². The Morgan fingerprint density at radius 2 is 2.10 bits per heavy atom. The third-order valence-corrected chi connectivity index (χ3v) is 3.08. The highest BCUT2D eigenvalue weighted by atomic mass is 16.5. The predicted octanol–water partition coefficient (Wildman–Crippen LogP) is 3.15. The van der Waals surface area contributed by atoms with Gasteiger partial charge in [-0.3, -0.25) is 0 Å². The molecule has 0 fully saturated rings. The molecule has 1 atom stereocenters. The van der Waals surface area contributed by atoms with Gasteiger partial charge in [-0.25, -0.2) is 4.98 Å². The minimum atomic E-state index is -0.476. The molecule has 1 aromatic heterocycles. The molecule has 1 N–H and O–H groups in total. The second-order valence-electron chi connectivity index (χ2n) is 4.73. The largest absolute Gasteiger partial charge is 0.495 e. The monoisotopic (exact) mass is 270 g/mol. The Balaban J connectivity index is 2.30. The van der Waals surface area contributed by atoms with Crippen LogP contribution < -0.4 is 10.1 Å². The molecule has 0 amide bonds. The summed E-state index contributed by atoms with van der Waals surface area (Å²) in [6, 6.07) is 9.59. The normalized spacial score (nSPS) is 11.9. The van der Waals surface area contributed by atoms with E-state index in [1.54, 1.807) is 19.6 Å². The number of nitrogens with zero attached hydrogens (tertiary/aromatic N) is 3. The van der Waals surface area contributed by atoms with Crippen LogP contribution in [0.4, 0.5) is 5.69 Å². The molecule has 0 aliphatic carbocycles. The van der Waals surface area contributed by atoms with Crippen LogP contribution in [-0.2, 0) is 0 Å². The van der Waals surface area contributed by atoms with Gasteiger partial charge in [0, 0.05) is 6.04 Å². The second-order valence-corrected chi connectivity index (χ2v) is 4.73. The number of anilines is 1. The topological polar surface area (TPSA) is 62.9 Å². The summed E-state index contributed by atoms with van der Waals surface area (Å²) in [5.41, 5.74) is 1.63. The van der Waals surface area contributed by atoms with Crippen molar-refractivity contribution in [1.82, 2.24) is 9.55 Å².